The predicted octanol–water partition coefficient (Wildman–Crippen LogP) is 3.32. The highest BCUT2D eigenvalue weighted by Gasteiger charge is 2.23. The highest BCUT2D eigenvalue weighted by Crippen LogP contribution is 2.24. The second kappa shape index (κ2) is 9.32. The van der Waals surface area contributed by atoms with Crippen LogP contribution in [0.15, 0.2) is 54.9 Å². The number of carbonyl (C=O) groups excluding carboxylic acids is 2. The van der Waals surface area contributed by atoms with E-state index in [1.54, 1.807) is 30.2 Å². The molecule has 1 N–H and O–H groups in total. The summed E-state index contributed by atoms with van der Waals surface area (Å²) in [6.45, 7) is 0. The number of benzene rings is 1. The number of ether oxygens (including phenoxy) is 1. The molecule has 6 nitrogen and oxygen atoms in total. The van der Waals surface area contributed by atoms with Gasteiger partial charge in [-0.05, 0) is 42.7 Å². The molecule has 1 atom stereocenters. The number of amides is 1. The Hall–Kier alpha value is -2.93. The lowest BCUT2D eigenvalue weighted by molar-refractivity contribution is -0.142. The van der Waals surface area contributed by atoms with Crippen LogP contribution in [0, 0.1) is 0 Å². The molecule has 3 aromatic rings. The quantitative estimate of drug-likeness (QED) is 0.618. The summed E-state index contributed by atoms with van der Waals surface area (Å²) in [5.41, 5.74) is 2.71. The number of aromatic nitrogens is 2. The van der Waals surface area contributed by atoms with Crippen LogP contribution in [0.25, 0.3) is 22.2 Å². The average molecular weight is 395 g/mol. The Morgan fingerprint density at radius 1 is 1.18 bits per heavy atom. The van der Waals surface area contributed by atoms with Crippen molar-refractivity contribution in [3.63, 3.8) is 0 Å². The van der Waals surface area contributed by atoms with Crippen LogP contribution in [0.3, 0.4) is 0 Å². The fourth-order valence-corrected chi connectivity index (χ4v) is 3.37. The summed E-state index contributed by atoms with van der Waals surface area (Å²) < 4.78 is 4.84. The second-order valence-corrected chi connectivity index (χ2v) is 7.12. The molecule has 0 saturated heterocycles. The van der Waals surface area contributed by atoms with Gasteiger partial charge in [0, 0.05) is 23.3 Å². The second-order valence-electron chi connectivity index (χ2n) is 6.14. The molecule has 0 aliphatic carbocycles. The van der Waals surface area contributed by atoms with Crippen LogP contribution >= 0.6 is 11.8 Å². The van der Waals surface area contributed by atoms with Gasteiger partial charge >= 0.3 is 5.97 Å². The van der Waals surface area contributed by atoms with Gasteiger partial charge < -0.3 is 10.1 Å². The highest BCUT2D eigenvalue weighted by atomic mass is 32.2. The topological polar surface area (TPSA) is 81.2 Å². The molecule has 0 saturated carbocycles. The number of esters is 1. The SMILES string of the molecule is COC(=O)[C@H](CCSC)NC(=O)c1cc(-c2ccncc2)nc2ccccc12. The van der Waals surface area contributed by atoms with Crippen molar-refractivity contribution in [2.24, 2.45) is 0 Å². The summed E-state index contributed by atoms with van der Waals surface area (Å²) in [6.07, 6.45) is 5.82. The van der Waals surface area contributed by atoms with E-state index in [-0.39, 0.29) is 5.91 Å². The average Bonchev–Trinajstić information content (AvgIpc) is 2.75. The van der Waals surface area contributed by atoms with Gasteiger partial charge in [0.15, 0.2) is 0 Å². The Labute approximate surface area is 167 Å². The molecule has 7 heteroatoms. The molecule has 0 fully saturated rings. The van der Waals surface area contributed by atoms with Crippen molar-refractivity contribution in [1.29, 1.82) is 0 Å². The Bertz CT molecular complexity index is 979. The van der Waals surface area contributed by atoms with E-state index < -0.39 is 12.0 Å². The van der Waals surface area contributed by atoms with Crippen molar-refractivity contribution in [2.45, 2.75) is 12.5 Å². The molecule has 0 bridgehead atoms. The number of nitrogens with one attached hydrogen (secondary N) is 1. The van der Waals surface area contributed by atoms with Crippen molar-refractivity contribution < 1.29 is 14.3 Å². The number of rotatable bonds is 7. The monoisotopic (exact) mass is 395 g/mol. The molecule has 1 amide bonds. The lowest BCUT2D eigenvalue weighted by Gasteiger charge is -2.17. The van der Waals surface area contributed by atoms with Crippen LogP contribution in [0.5, 0.6) is 0 Å². The predicted molar refractivity (Wildman–Crippen MR) is 111 cm³/mol. The van der Waals surface area contributed by atoms with E-state index in [0.29, 0.717) is 23.2 Å². The van der Waals surface area contributed by atoms with Crippen LogP contribution in [0.4, 0.5) is 0 Å². The van der Waals surface area contributed by atoms with E-state index >= 15 is 0 Å². The number of nitrogens with zero attached hydrogens (tertiary/aromatic N) is 2. The summed E-state index contributed by atoms with van der Waals surface area (Å²) in [5.74, 6) is -0.0418. The highest BCUT2D eigenvalue weighted by molar-refractivity contribution is 7.98. The fourth-order valence-electron chi connectivity index (χ4n) is 2.90. The number of hydrogen-bond donors (Lipinski definition) is 1. The van der Waals surface area contributed by atoms with Crippen LogP contribution in [-0.2, 0) is 9.53 Å². The maximum absolute atomic E-state index is 13.1. The van der Waals surface area contributed by atoms with Gasteiger partial charge in [0.25, 0.3) is 5.91 Å². The van der Waals surface area contributed by atoms with Gasteiger partial charge in [0.2, 0.25) is 0 Å². The molecule has 0 radical (unpaired) electrons. The number of thioether (sulfide) groups is 1. The Balaban J connectivity index is 2.00. The zero-order valence-corrected chi connectivity index (χ0v) is 16.5. The van der Waals surface area contributed by atoms with Crippen molar-refractivity contribution in [3.05, 3.63) is 60.4 Å². The van der Waals surface area contributed by atoms with Crippen molar-refractivity contribution in [2.75, 3.05) is 19.1 Å². The molecular formula is C21H21N3O3S. The minimum absolute atomic E-state index is 0.328. The number of hydrogen-bond acceptors (Lipinski definition) is 6. The lowest BCUT2D eigenvalue weighted by atomic mass is 10.0. The summed E-state index contributed by atoms with van der Waals surface area (Å²) in [4.78, 5) is 33.8. The minimum Gasteiger partial charge on any atom is -0.467 e. The molecule has 2 aromatic heterocycles. The van der Waals surface area contributed by atoms with Gasteiger partial charge in [-0.15, -0.1) is 0 Å². The minimum atomic E-state index is -0.693. The Morgan fingerprint density at radius 2 is 1.93 bits per heavy atom. The van der Waals surface area contributed by atoms with E-state index in [0.717, 1.165) is 16.7 Å². The number of fused-ring (bicyclic) bond motifs is 1. The molecular weight excluding hydrogens is 374 g/mol. The van der Waals surface area contributed by atoms with E-state index in [4.69, 9.17) is 4.74 Å². The molecule has 0 spiro atoms. The first-order valence-corrected chi connectivity index (χ1v) is 10.2. The van der Waals surface area contributed by atoms with Gasteiger partial charge in [0.1, 0.15) is 6.04 Å². The first-order valence-electron chi connectivity index (χ1n) is 8.82. The Kier molecular flexibility index (Phi) is 6.60. The maximum atomic E-state index is 13.1. The number of pyridine rings is 2. The third-order valence-corrected chi connectivity index (χ3v) is 4.98. The molecule has 0 unspecified atom stereocenters. The van der Waals surface area contributed by atoms with Crippen molar-refractivity contribution >= 4 is 34.5 Å². The van der Waals surface area contributed by atoms with E-state index in [1.165, 1.54) is 7.11 Å². The van der Waals surface area contributed by atoms with Crippen molar-refractivity contribution in [1.82, 2.24) is 15.3 Å². The lowest BCUT2D eigenvalue weighted by Crippen LogP contribution is -2.42. The van der Waals surface area contributed by atoms with Crippen LogP contribution < -0.4 is 5.32 Å². The van der Waals surface area contributed by atoms with Gasteiger partial charge in [-0.25, -0.2) is 9.78 Å². The first kappa shape index (κ1) is 19.8. The van der Waals surface area contributed by atoms with Crippen LogP contribution in [0.1, 0.15) is 16.8 Å². The third kappa shape index (κ3) is 4.48. The normalized spacial score (nSPS) is 11.8. The summed E-state index contributed by atoms with van der Waals surface area (Å²) in [5, 5.41) is 3.55. The number of methoxy groups -OCH3 is 1. The first-order chi connectivity index (χ1) is 13.6. The van der Waals surface area contributed by atoms with Gasteiger partial charge in [-0.2, -0.15) is 11.8 Å². The number of carbonyl (C=O) groups is 2. The van der Waals surface area contributed by atoms with Gasteiger partial charge in [-0.1, -0.05) is 18.2 Å². The van der Waals surface area contributed by atoms with Gasteiger partial charge in [0.05, 0.1) is 23.9 Å². The third-order valence-electron chi connectivity index (χ3n) is 4.34. The Morgan fingerprint density at radius 3 is 2.64 bits per heavy atom. The van der Waals surface area contributed by atoms with E-state index in [9.17, 15) is 9.59 Å². The maximum Gasteiger partial charge on any atom is 0.328 e. The molecule has 1 aromatic carbocycles. The summed E-state index contributed by atoms with van der Waals surface area (Å²) in [6, 6.07) is 12.2. The smallest absolute Gasteiger partial charge is 0.328 e. The van der Waals surface area contributed by atoms with Crippen LogP contribution in [-0.4, -0.2) is 47.0 Å². The fraction of sp³-hybridized carbons (Fsp3) is 0.238. The molecule has 3 rings (SSSR count). The van der Waals surface area contributed by atoms with Crippen LogP contribution in [0.2, 0.25) is 0 Å². The number of para-hydroxylation sites is 1. The summed E-state index contributed by atoms with van der Waals surface area (Å²) >= 11 is 1.61. The summed E-state index contributed by atoms with van der Waals surface area (Å²) in [7, 11) is 1.32. The molecule has 144 valence electrons. The zero-order chi connectivity index (χ0) is 19.9. The van der Waals surface area contributed by atoms with E-state index in [1.807, 2.05) is 42.7 Å². The molecule has 0 aliphatic rings. The van der Waals surface area contributed by atoms with E-state index in [2.05, 4.69) is 15.3 Å². The largest absolute Gasteiger partial charge is 0.467 e. The molecule has 0 aliphatic heterocycles. The van der Waals surface area contributed by atoms with Gasteiger partial charge in [-0.3, -0.25) is 9.78 Å². The molecule has 2 heterocycles. The zero-order valence-electron chi connectivity index (χ0n) is 15.7. The molecule has 28 heavy (non-hydrogen) atoms. The van der Waals surface area contributed by atoms with Crippen molar-refractivity contribution in [3.8, 4) is 11.3 Å². The standard InChI is InChI=1S/C21H21N3O3S/c1-27-21(26)18(9-12-28-2)24-20(25)16-13-19(14-7-10-22-11-8-14)23-17-6-4-3-5-15(16)17/h3-8,10-11,13,18H,9,12H2,1-2H3,(H,24,25)/t18-/m0/s1.